The molecule has 0 bridgehead atoms. The van der Waals surface area contributed by atoms with Crippen LogP contribution in [0.25, 0.3) is 0 Å². The quantitative estimate of drug-likeness (QED) is 0.827. The van der Waals surface area contributed by atoms with Crippen molar-refractivity contribution in [3.8, 4) is 0 Å². The van der Waals surface area contributed by atoms with E-state index in [0.29, 0.717) is 12.4 Å². The molecule has 3 N–H and O–H groups in total. The topological polar surface area (TPSA) is 85.8 Å². The van der Waals surface area contributed by atoms with Crippen molar-refractivity contribution in [3.05, 3.63) is 48.0 Å². The first-order valence-corrected chi connectivity index (χ1v) is 5.97. The predicted octanol–water partition coefficient (Wildman–Crippen LogP) is 0.305. The standard InChI is InChI=1S/C13H17N5O/c1-13(14,10-6-4-3-5-7-10)12(19)15-8-11-17-16-9-18(11)2/h3-7,9H,8,14H2,1-2H3,(H,15,19). The largest absolute Gasteiger partial charge is 0.347 e. The van der Waals surface area contributed by atoms with E-state index >= 15 is 0 Å². The van der Waals surface area contributed by atoms with Gasteiger partial charge in [0.2, 0.25) is 5.91 Å². The third kappa shape index (κ3) is 2.79. The molecule has 6 nitrogen and oxygen atoms in total. The molecule has 0 aliphatic heterocycles. The Kier molecular flexibility index (Phi) is 3.62. The van der Waals surface area contributed by atoms with Crippen LogP contribution in [0.1, 0.15) is 18.3 Å². The SMILES string of the molecule is Cn1cnnc1CNC(=O)C(C)(N)c1ccccc1. The molecule has 2 rings (SSSR count). The number of hydrogen-bond acceptors (Lipinski definition) is 4. The van der Waals surface area contributed by atoms with Crippen LogP contribution in [0.4, 0.5) is 0 Å². The van der Waals surface area contributed by atoms with Crippen LogP contribution in [-0.4, -0.2) is 20.7 Å². The Morgan fingerprint density at radius 2 is 2.11 bits per heavy atom. The second-order valence-electron chi connectivity index (χ2n) is 4.61. The van der Waals surface area contributed by atoms with E-state index in [1.54, 1.807) is 17.8 Å². The maximum atomic E-state index is 12.2. The van der Waals surface area contributed by atoms with Crippen LogP contribution in [0.3, 0.4) is 0 Å². The second kappa shape index (κ2) is 5.19. The predicted molar refractivity (Wildman–Crippen MR) is 70.8 cm³/mol. The second-order valence-corrected chi connectivity index (χ2v) is 4.61. The van der Waals surface area contributed by atoms with Crippen molar-refractivity contribution in [3.63, 3.8) is 0 Å². The Hall–Kier alpha value is -2.21. The summed E-state index contributed by atoms with van der Waals surface area (Å²) in [5.41, 5.74) is 5.80. The van der Waals surface area contributed by atoms with Crippen LogP contribution in [-0.2, 0) is 23.9 Å². The smallest absolute Gasteiger partial charge is 0.244 e. The molecule has 1 unspecified atom stereocenters. The van der Waals surface area contributed by atoms with Gasteiger partial charge in [-0.3, -0.25) is 4.79 Å². The summed E-state index contributed by atoms with van der Waals surface area (Å²) in [6.45, 7) is 1.99. The Morgan fingerprint density at radius 1 is 1.42 bits per heavy atom. The fourth-order valence-corrected chi connectivity index (χ4v) is 1.73. The molecule has 19 heavy (non-hydrogen) atoms. The van der Waals surface area contributed by atoms with Gasteiger partial charge in [-0.05, 0) is 12.5 Å². The number of rotatable bonds is 4. The van der Waals surface area contributed by atoms with Crippen molar-refractivity contribution >= 4 is 5.91 Å². The molecule has 0 spiro atoms. The maximum absolute atomic E-state index is 12.2. The summed E-state index contributed by atoms with van der Waals surface area (Å²) in [6.07, 6.45) is 1.58. The lowest BCUT2D eigenvalue weighted by atomic mass is 9.92. The molecule has 1 heterocycles. The molecule has 0 saturated carbocycles. The van der Waals surface area contributed by atoms with E-state index in [-0.39, 0.29) is 5.91 Å². The van der Waals surface area contributed by atoms with Crippen molar-refractivity contribution in [2.24, 2.45) is 12.8 Å². The summed E-state index contributed by atoms with van der Waals surface area (Å²) in [7, 11) is 1.82. The first-order chi connectivity index (χ1) is 9.01. The monoisotopic (exact) mass is 259 g/mol. The van der Waals surface area contributed by atoms with Crippen LogP contribution in [0.5, 0.6) is 0 Å². The molecule has 0 aliphatic rings. The number of aryl methyl sites for hydroxylation is 1. The summed E-state index contributed by atoms with van der Waals surface area (Å²) in [5.74, 6) is 0.430. The van der Waals surface area contributed by atoms with Gasteiger partial charge in [0.25, 0.3) is 0 Å². The lowest BCUT2D eigenvalue weighted by Gasteiger charge is -2.23. The average molecular weight is 259 g/mol. The fraction of sp³-hybridized carbons (Fsp3) is 0.308. The van der Waals surface area contributed by atoms with E-state index in [1.165, 1.54) is 0 Å². The van der Waals surface area contributed by atoms with E-state index in [0.717, 1.165) is 5.56 Å². The summed E-state index contributed by atoms with van der Waals surface area (Å²) in [4.78, 5) is 12.2. The highest BCUT2D eigenvalue weighted by molar-refractivity contribution is 5.86. The van der Waals surface area contributed by atoms with Gasteiger partial charge in [-0.15, -0.1) is 10.2 Å². The zero-order chi connectivity index (χ0) is 13.9. The van der Waals surface area contributed by atoms with E-state index in [2.05, 4.69) is 15.5 Å². The Labute approximate surface area is 111 Å². The molecule has 6 heteroatoms. The van der Waals surface area contributed by atoms with Gasteiger partial charge in [0.15, 0.2) is 5.82 Å². The van der Waals surface area contributed by atoms with Gasteiger partial charge in [-0.25, -0.2) is 0 Å². The summed E-state index contributed by atoms with van der Waals surface area (Å²) in [6, 6.07) is 9.27. The number of hydrogen-bond donors (Lipinski definition) is 2. The first-order valence-electron chi connectivity index (χ1n) is 5.97. The number of nitrogens with one attached hydrogen (secondary N) is 1. The molecule has 1 amide bonds. The van der Waals surface area contributed by atoms with Crippen LogP contribution in [0.2, 0.25) is 0 Å². The van der Waals surface area contributed by atoms with E-state index in [9.17, 15) is 4.79 Å². The molecule has 0 aliphatic carbocycles. The molecular formula is C13H17N5O. The van der Waals surface area contributed by atoms with Crippen LogP contribution >= 0.6 is 0 Å². The van der Waals surface area contributed by atoms with Gasteiger partial charge in [0, 0.05) is 7.05 Å². The average Bonchev–Trinajstić information content (AvgIpc) is 2.82. The third-order valence-electron chi connectivity index (χ3n) is 3.06. The minimum atomic E-state index is -1.07. The molecule has 0 fully saturated rings. The number of nitrogens with zero attached hydrogens (tertiary/aromatic N) is 3. The fourth-order valence-electron chi connectivity index (χ4n) is 1.73. The first kappa shape index (κ1) is 13.2. The Morgan fingerprint density at radius 3 is 2.68 bits per heavy atom. The molecule has 1 aromatic carbocycles. The number of carbonyl (C=O) groups is 1. The Balaban J connectivity index is 2.05. The molecular weight excluding hydrogens is 242 g/mol. The summed E-state index contributed by atoms with van der Waals surface area (Å²) >= 11 is 0. The Bertz CT molecular complexity index is 561. The summed E-state index contributed by atoms with van der Waals surface area (Å²) < 4.78 is 1.75. The van der Waals surface area contributed by atoms with E-state index < -0.39 is 5.54 Å². The minimum Gasteiger partial charge on any atom is -0.347 e. The molecule has 0 saturated heterocycles. The van der Waals surface area contributed by atoms with Crippen molar-refractivity contribution in [2.45, 2.75) is 19.0 Å². The maximum Gasteiger partial charge on any atom is 0.244 e. The van der Waals surface area contributed by atoms with Gasteiger partial charge in [-0.2, -0.15) is 0 Å². The molecule has 1 atom stereocenters. The van der Waals surface area contributed by atoms with Crippen LogP contribution in [0.15, 0.2) is 36.7 Å². The normalized spacial score (nSPS) is 13.8. The lowest BCUT2D eigenvalue weighted by molar-refractivity contribution is -0.126. The number of amides is 1. The lowest BCUT2D eigenvalue weighted by Crippen LogP contribution is -2.48. The highest BCUT2D eigenvalue weighted by atomic mass is 16.2. The zero-order valence-electron chi connectivity index (χ0n) is 11.0. The molecule has 1 aromatic heterocycles. The number of aromatic nitrogens is 3. The highest BCUT2D eigenvalue weighted by Crippen LogP contribution is 2.17. The van der Waals surface area contributed by atoms with Gasteiger partial charge >= 0.3 is 0 Å². The van der Waals surface area contributed by atoms with Gasteiger partial charge < -0.3 is 15.6 Å². The van der Waals surface area contributed by atoms with Crippen LogP contribution < -0.4 is 11.1 Å². The number of carbonyl (C=O) groups excluding carboxylic acids is 1. The van der Waals surface area contributed by atoms with Crippen molar-refractivity contribution in [1.82, 2.24) is 20.1 Å². The van der Waals surface area contributed by atoms with Crippen molar-refractivity contribution in [2.75, 3.05) is 0 Å². The van der Waals surface area contributed by atoms with E-state index in [4.69, 9.17) is 5.73 Å². The minimum absolute atomic E-state index is 0.248. The molecule has 2 aromatic rings. The van der Waals surface area contributed by atoms with Gasteiger partial charge in [0.1, 0.15) is 11.9 Å². The van der Waals surface area contributed by atoms with Gasteiger partial charge in [0.05, 0.1) is 6.54 Å². The molecule has 100 valence electrons. The highest BCUT2D eigenvalue weighted by Gasteiger charge is 2.30. The third-order valence-corrected chi connectivity index (χ3v) is 3.06. The molecule has 0 radical (unpaired) electrons. The van der Waals surface area contributed by atoms with Gasteiger partial charge in [-0.1, -0.05) is 30.3 Å². The van der Waals surface area contributed by atoms with Crippen LogP contribution in [0, 0.1) is 0 Å². The number of nitrogens with two attached hydrogens (primary N) is 1. The summed E-state index contributed by atoms with van der Waals surface area (Å²) in [5, 5.41) is 10.4. The number of benzene rings is 1. The zero-order valence-corrected chi connectivity index (χ0v) is 11.0. The van der Waals surface area contributed by atoms with Crippen molar-refractivity contribution in [1.29, 1.82) is 0 Å². The van der Waals surface area contributed by atoms with E-state index in [1.807, 2.05) is 37.4 Å². The van der Waals surface area contributed by atoms with Crippen molar-refractivity contribution < 1.29 is 4.79 Å².